The summed E-state index contributed by atoms with van der Waals surface area (Å²) in [7, 11) is 0. The second-order valence-corrected chi connectivity index (χ2v) is 3.16. The molecule has 0 aliphatic heterocycles. The van der Waals surface area contributed by atoms with Crippen LogP contribution in [0.15, 0.2) is 24.3 Å². The summed E-state index contributed by atoms with van der Waals surface area (Å²) < 4.78 is 37.4. The molecule has 5 nitrogen and oxygen atoms in total. The van der Waals surface area contributed by atoms with Crippen LogP contribution < -0.4 is 5.73 Å². The molecule has 0 saturated carbocycles. The first-order chi connectivity index (χ1) is 7.97. The van der Waals surface area contributed by atoms with Crippen LogP contribution in [0.25, 0.3) is 11.4 Å². The van der Waals surface area contributed by atoms with Gasteiger partial charge in [-0.3, -0.25) is 0 Å². The van der Waals surface area contributed by atoms with Gasteiger partial charge in [-0.1, -0.05) is 12.1 Å². The standard InChI is InChI=1S/C9H6F3N5/c10-9(11,12)6-3-1-2-5(4-6)7-14-16-8(13)17-15-7/h1-4H,(H2,13,16,17). The van der Waals surface area contributed by atoms with Crippen LogP contribution >= 0.6 is 0 Å². The van der Waals surface area contributed by atoms with Crippen molar-refractivity contribution in [2.24, 2.45) is 0 Å². The van der Waals surface area contributed by atoms with E-state index in [1.165, 1.54) is 12.1 Å². The molecule has 0 saturated heterocycles. The smallest absolute Gasteiger partial charge is 0.365 e. The fourth-order valence-electron chi connectivity index (χ4n) is 1.19. The average molecular weight is 241 g/mol. The van der Waals surface area contributed by atoms with E-state index < -0.39 is 11.7 Å². The largest absolute Gasteiger partial charge is 0.416 e. The van der Waals surface area contributed by atoms with Crippen LogP contribution in [-0.4, -0.2) is 20.4 Å². The number of nitrogen functional groups attached to an aromatic ring is 1. The topological polar surface area (TPSA) is 77.6 Å². The molecule has 8 heteroatoms. The first-order valence-electron chi connectivity index (χ1n) is 4.47. The third-order valence-corrected chi connectivity index (χ3v) is 1.94. The molecule has 17 heavy (non-hydrogen) atoms. The van der Waals surface area contributed by atoms with Crippen molar-refractivity contribution in [3.63, 3.8) is 0 Å². The molecule has 0 aliphatic carbocycles. The quantitative estimate of drug-likeness (QED) is 0.819. The number of alkyl halides is 3. The lowest BCUT2D eigenvalue weighted by Crippen LogP contribution is -2.06. The normalized spacial score (nSPS) is 11.5. The lowest BCUT2D eigenvalue weighted by molar-refractivity contribution is -0.137. The molecule has 88 valence electrons. The molecule has 2 aromatic rings. The number of benzene rings is 1. The zero-order valence-electron chi connectivity index (χ0n) is 8.31. The van der Waals surface area contributed by atoms with Crippen LogP contribution in [0.4, 0.5) is 19.1 Å². The van der Waals surface area contributed by atoms with Gasteiger partial charge in [-0.05, 0) is 12.1 Å². The van der Waals surface area contributed by atoms with Gasteiger partial charge in [0.15, 0.2) is 0 Å². The highest BCUT2D eigenvalue weighted by Gasteiger charge is 2.30. The third-order valence-electron chi connectivity index (χ3n) is 1.94. The minimum absolute atomic E-state index is 0.00898. The molecule has 1 aromatic heterocycles. The molecule has 0 fully saturated rings. The van der Waals surface area contributed by atoms with Gasteiger partial charge in [0, 0.05) is 5.56 Å². The van der Waals surface area contributed by atoms with Crippen LogP contribution in [0.3, 0.4) is 0 Å². The number of anilines is 1. The van der Waals surface area contributed by atoms with Crippen LogP contribution in [0, 0.1) is 0 Å². The van der Waals surface area contributed by atoms with Crippen molar-refractivity contribution in [2.75, 3.05) is 5.73 Å². The summed E-state index contributed by atoms with van der Waals surface area (Å²) in [6.45, 7) is 0. The van der Waals surface area contributed by atoms with Gasteiger partial charge in [0.1, 0.15) is 0 Å². The van der Waals surface area contributed by atoms with E-state index in [4.69, 9.17) is 5.73 Å². The Hall–Kier alpha value is -2.25. The predicted molar refractivity (Wildman–Crippen MR) is 52.5 cm³/mol. The molecular weight excluding hydrogens is 235 g/mol. The van der Waals surface area contributed by atoms with Crippen molar-refractivity contribution in [3.05, 3.63) is 29.8 Å². The average Bonchev–Trinajstić information content (AvgIpc) is 2.29. The van der Waals surface area contributed by atoms with E-state index in [2.05, 4.69) is 20.4 Å². The fraction of sp³-hybridized carbons (Fsp3) is 0.111. The Bertz CT molecular complexity index is 523. The summed E-state index contributed by atoms with van der Waals surface area (Å²) in [6.07, 6.45) is -4.41. The molecule has 0 aliphatic rings. The number of halogens is 3. The molecule has 0 spiro atoms. The van der Waals surface area contributed by atoms with Gasteiger partial charge in [-0.15, -0.1) is 20.4 Å². The van der Waals surface area contributed by atoms with Gasteiger partial charge in [0.05, 0.1) is 5.56 Å². The minimum Gasteiger partial charge on any atom is -0.365 e. The monoisotopic (exact) mass is 241 g/mol. The highest BCUT2D eigenvalue weighted by Crippen LogP contribution is 2.31. The number of aromatic nitrogens is 4. The third kappa shape index (κ3) is 2.47. The number of nitrogens with two attached hydrogens (primary N) is 1. The van der Waals surface area contributed by atoms with Crippen LogP contribution in [0.5, 0.6) is 0 Å². The lowest BCUT2D eigenvalue weighted by Gasteiger charge is -2.07. The first kappa shape index (κ1) is 11.2. The van der Waals surface area contributed by atoms with Crippen molar-refractivity contribution in [1.82, 2.24) is 20.4 Å². The van der Waals surface area contributed by atoms with E-state index >= 15 is 0 Å². The van der Waals surface area contributed by atoms with Gasteiger partial charge in [-0.25, -0.2) is 0 Å². The summed E-state index contributed by atoms with van der Waals surface area (Å²) >= 11 is 0. The van der Waals surface area contributed by atoms with Crippen molar-refractivity contribution >= 4 is 5.95 Å². The van der Waals surface area contributed by atoms with Gasteiger partial charge in [0.2, 0.25) is 5.82 Å². The van der Waals surface area contributed by atoms with Crippen molar-refractivity contribution in [1.29, 1.82) is 0 Å². The lowest BCUT2D eigenvalue weighted by atomic mass is 10.1. The van der Waals surface area contributed by atoms with Gasteiger partial charge in [-0.2, -0.15) is 13.2 Å². The summed E-state index contributed by atoms with van der Waals surface area (Å²) in [4.78, 5) is 0. The van der Waals surface area contributed by atoms with E-state index in [0.717, 1.165) is 12.1 Å². The zero-order valence-corrected chi connectivity index (χ0v) is 8.31. The van der Waals surface area contributed by atoms with Crippen molar-refractivity contribution < 1.29 is 13.2 Å². The van der Waals surface area contributed by atoms with E-state index in [0.29, 0.717) is 0 Å². The van der Waals surface area contributed by atoms with Crippen molar-refractivity contribution in [2.45, 2.75) is 6.18 Å². The Kier molecular flexibility index (Phi) is 2.62. The summed E-state index contributed by atoms with van der Waals surface area (Å²) in [6, 6.07) is 4.58. The maximum atomic E-state index is 12.5. The van der Waals surface area contributed by atoms with E-state index in [-0.39, 0.29) is 17.3 Å². The maximum Gasteiger partial charge on any atom is 0.416 e. The fourth-order valence-corrected chi connectivity index (χ4v) is 1.19. The molecule has 1 aromatic carbocycles. The predicted octanol–water partition coefficient (Wildman–Crippen LogP) is 1.53. The molecule has 0 radical (unpaired) electrons. The minimum atomic E-state index is -4.41. The molecule has 2 rings (SSSR count). The summed E-state index contributed by atoms with van der Waals surface area (Å²) in [5.41, 5.74) is 4.58. The van der Waals surface area contributed by atoms with Crippen molar-refractivity contribution in [3.8, 4) is 11.4 Å². The van der Waals surface area contributed by atoms with Gasteiger partial charge < -0.3 is 5.73 Å². The van der Waals surface area contributed by atoms with E-state index in [1.54, 1.807) is 0 Å². The molecule has 0 unspecified atom stereocenters. The number of rotatable bonds is 1. The number of hydrogen-bond donors (Lipinski definition) is 1. The number of nitrogens with zero attached hydrogens (tertiary/aromatic N) is 4. The molecule has 0 bridgehead atoms. The Morgan fingerprint density at radius 2 is 1.65 bits per heavy atom. The van der Waals surface area contributed by atoms with E-state index in [9.17, 15) is 13.2 Å². The van der Waals surface area contributed by atoms with Gasteiger partial charge >= 0.3 is 6.18 Å². The number of hydrogen-bond acceptors (Lipinski definition) is 5. The Morgan fingerprint density at radius 1 is 1.00 bits per heavy atom. The summed E-state index contributed by atoms with van der Waals surface area (Å²) in [5.74, 6) is -0.147. The molecule has 0 amide bonds. The Labute approximate surface area is 93.5 Å². The van der Waals surface area contributed by atoms with Gasteiger partial charge in [0.25, 0.3) is 5.95 Å². The van der Waals surface area contributed by atoms with Crippen LogP contribution in [0.1, 0.15) is 5.56 Å². The maximum absolute atomic E-state index is 12.5. The second-order valence-electron chi connectivity index (χ2n) is 3.16. The summed E-state index contributed by atoms with van der Waals surface area (Å²) in [5, 5.41) is 14.0. The van der Waals surface area contributed by atoms with E-state index in [1.807, 2.05) is 0 Å². The SMILES string of the molecule is Nc1nnc(-c2cccc(C(F)(F)F)c2)nn1. The zero-order chi connectivity index (χ0) is 12.5. The first-order valence-corrected chi connectivity index (χ1v) is 4.47. The highest BCUT2D eigenvalue weighted by molar-refractivity contribution is 5.55. The van der Waals surface area contributed by atoms with Crippen LogP contribution in [-0.2, 0) is 6.18 Å². The highest BCUT2D eigenvalue weighted by atomic mass is 19.4. The second kappa shape index (κ2) is 3.96. The molecule has 2 N–H and O–H groups in total. The Morgan fingerprint density at radius 3 is 2.24 bits per heavy atom. The molecule has 1 heterocycles. The molecule has 0 atom stereocenters. The molecular formula is C9H6F3N5. The Balaban J connectivity index is 2.43. The van der Waals surface area contributed by atoms with Crippen LogP contribution in [0.2, 0.25) is 0 Å².